The smallest absolute Gasteiger partial charge is 0.316 e. The Bertz CT molecular complexity index is 670. The molecule has 1 saturated carbocycles. The Hall–Kier alpha value is -2.37. The monoisotopic (exact) mass is 313 g/mol. The average Bonchev–Trinajstić information content (AvgIpc) is 3.23. The zero-order valence-electron chi connectivity index (χ0n) is 13.9. The number of rotatable bonds is 4. The van der Waals surface area contributed by atoms with Crippen LogP contribution in [0.15, 0.2) is 36.7 Å². The van der Waals surface area contributed by atoms with Crippen LogP contribution in [0.2, 0.25) is 0 Å². The zero-order valence-corrected chi connectivity index (χ0v) is 13.9. The minimum atomic E-state index is -0.183. The SMILES string of the molecule is CC(C)(C)n1nccc1NC(=O)N(Cc1ccccn1)C1CC1. The number of nitrogens with one attached hydrogen (secondary N) is 1. The van der Waals surface area contributed by atoms with Crippen LogP contribution in [0.1, 0.15) is 39.3 Å². The molecule has 0 unspecified atom stereocenters. The standard InChI is InChI=1S/C17H23N5O/c1-17(2,3)22-15(9-11-19-22)20-16(23)21(14-7-8-14)12-13-6-4-5-10-18-13/h4-6,9-11,14H,7-8,12H2,1-3H3,(H,20,23). The third-order valence-corrected chi connectivity index (χ3v) is 3.82. The Kier molecular flexibility index (Phi) is 4.07. The van der Waals surface area contributed by atoms with Crippen molar-refractivity contribution in [2.45, 2.75) is 51.7 Å². The topological polar surface area (TPSA) is 63.1 Å². The van der Waals surface area contributed by atoms with E-state index in [4.69, 9.17) is 0 Å². The van der Waals surface area contributed by atoms with E-state index >= 15 is 0 Å². The van der Waals surface area contributed by atoms with Gasteiger partial charge in [0.25, 0.3) is 0 Å². The average molecular weight is 313 g/mol. The molecule has 1 aliphatic carbocycles. The van der Waals surface area contributed by atoms with Crippen LogP contribution in [-0.2, 0) is 12.1 Å². The third kappa shape index (κ3) is 3.70. The molecular formula is C17H23N5O. The summed E-state index contributed by atoms with van der Waals surface area (Å²) in [6.45, 7) is 6.70. The Labute approximate surface area is 136 Å². The maximum atomic E-state index is 12.7. The highest BCUT2D eigenvalue weighted by Crippen LogP contribution is 2.29. The van der Waals surface area contributed by atoms with Crippen molar-refractivity contribution in [3.63, 3.8) is 0 Å². The summed E-state index contributed by atoms with van der Waals surface area (Å²) in [5, 5.41) is 7.31. The highest BCUT2D eigenvalue weighted by atomic mass is 16.2. The molecule has 3 rings (SSSR count). The van der Waals surface area contributed by atoms with Gasteiger partial charge < -0.3 is 4.90 Å². The lowest BCUT2D eigenvalue weighted by atomic mass is 10.1. The van der Waals surface area contributed by atoms with Gasteiger partial charge in [0, 0.05) is 18.3 Å². The number of hydrogen-bond donors (Lipinski definition) is 1. The fourth-order valence-corrected chi connectivity index (χ4v) is 2.53. The van der Waals surface area contributed by atoms with E-state index in [1.165, 1.54) is 0 Å². The molecule has 0 bridgehead atoms. The number of pyridine rings is 1. The number of anilines is 1. The fraction of sp³-hybridized carbons (Fsp3) is 0.471. The Morgan fingerprint density at radius 2 is 2.09 bits per heavy atom. The second-order valence-corrected chi connectivity index (χ2v) is 6.91. The molecule has 6 heteroatoms. The Morgan fingerprint density at radius 1 is 1.30 bits per heavy atom. The molecule has 0 saturated heterocycles. The molecule has 23 heavy (non-hydrogen) atoms. The summed E-state index contributed by atoms with van der Waals surface area (Å²) >= 11 is 0. The van der Waals surface area contributed by atoms with Crippen LogP contribution in [0.3, 0.4) is 0 Å². The first kappa shape index (κ1) is 15.5. The quantitative estimate of drug-likeness (QED) is 0.942. The zero-order chi connectivity index (χ0) is 16.4. The summed E-state index contributed by atoms with van der Waals surface area (Å²) in [4.78, 5) is 18.9. The number of aromatic nitrogens is 3. The number of carbonyl (C=O) groups is 1. The molecule has 122 valence electrons. The summed E-state index contributed by atoms with van der Waals surface area (Å²) in [5.41, 5.74) is 0.719. The second kappa shape index (κ2) is 6.02. The van der Waals surface area contributed by atoms with Crippen molar-refractivity contribution >= 4 is 11.8 Å². The molecule has 0 aromatic carbocycles. The van der Waals surface area contributed by atoms with Gasteiger partial charge in [-0.25, -0.2) is 9.48 Å². The molecule has 2 amide bonds. The van der Waals surface area contributed by atoms with Crippen molar-refractivity contribution in [1.29, 1.82) is 0 Å². The summed E-state index contributed by atoms with van der Waals surface area (Å²) in [5.74, 6) is 0.717. The first-order chi connectivity index (χ1) is 10.9. The molecule has 2 heterocycles. The first-order valence-corrected chi connectivity index (χ1v) is 7.97. The van der Waals surface area contributed by atoms with E-state index in [9.17, 15) is 4.79 Å². The summed E-state index contributed by atoms with van der Waals surface area (Å²) < 4.78 is 1.83. The van der Waals surface area contributed by atoms with Crippen LogP contribution >= 0.6 is 0 Å². The van der Waals surface area contributed by atoms with Crippen LogP contribution in [0.4, 0.5) is 10.6 Å². The molecular weight excluding hydrogens is 290 g/mol. The number of nitrogens with zero attached hydrogens (tertiary/aromatic N) is 4. The van der Waals surface area contributed by atoms with Gasteiger partial charge in [-0.15, -0.1) is 0 Å². The summed E-state index contributed by atoms with van der Waals surface area (Å²) in [6, 6.07) is 7.82. The molecule has 0 atom stereocenters. The molecule has 2 aromatic rings. The van der Waals surface area contributed by atoms with Gasteiger partial charge in [0.05, 0.1) is 24.0 Å². The van der Waals surface area contributed by atoms with E-state index in [1.807, 2.05) is 33.8 Å². The predicted molar refractivity (Wildman–Crippen MR) is 89.0 cm³/mol. The van der Waals surface area contributed by atoms with E-state index in [-0.39, 0.29) is 11.6 Å². The fourth-order valence-electron chi connectivity index (χ4n) is 2.53. The van der Waals surface area contributed by atoms with E-state index in [0.29, 0.717) is 18.4 Å². The van der Waals surface area contributed by atoms with Gasteiger partial charge in [-0.1, -0.05) is 6.07 Å². The predicted octanol–water partition coefficient (Wildman–Crippen LogP) is 3.23. The van der Waals surface area contributed by atoms with Crippen molar-refractivity contribution in [2.24, 2.45) is 0 Å². The first-order valence-electron chi connectivity index (χ1n) is 7.97. The molecule has 0 radical (unpaired) electrons. The van der Waals surface area contributed by atoms with Gasteiger partial charge in [-0.2, -0.15) is 5.10 Å². The normalized spacial score (nSPS) is 14.6. The maximum absolute atomic E-state index is 12.7. The van der Waals surface area contributed by atoms with Crippen molar-refractivity contribution in [3.8, 4) is 0 Å². The van der Waals surface area contributed by atoms with Gasteiger partial charge in [-0.3, -0.25) is 10.3 Å². The lowest BCUT2D eigenvalue weighted by molar-refractivity contribution is 0.205. The van der Waals surface area contributed by atoms with Crippen LogP contribution in [0.5, 0.6) is 0 Å². The van der Waals surface area contributed by atoms with Crippen molar-refractivity contribution in [3.05, 3.63) is 42.4 Å². The molecule has 1 N–H and O–H groups in total. The summed E-state index contributed by atoms with van der Waals surface area (Å²) in [7, 11) is 0. The minimum absolute atomic E-state index is 0.0934. The van der Waals surface area contributed by atoms with Gasteiger partial charge >= 0.3 is 6.03 Å². The van der Waals surface area contributed by atoms with E-state index in [1.54, 1.807) is 12.4 Å². The highest BCUT2D eigenvalue weighted by Gasteiger charge is 2.33. The molecule has 1 fully saturated rings. The number of amides is 2. The molecule has 2 aromatic heterocycles. The lowest BCUT2D eigenvalue weighted by Crippen LogP contribution is -2.38. The van der Waals surface area contributed by atoms with Crippen LogP contribution < -0.4 is 5.32 Å². The van der Waals surface area contributed by atoms with Crippen LogP contribution in [0.25, 0.3) is 0 Å². The largest absolute Gasteiger partial charge is 0.323 e. The van der Waals surface area contributed by atoms with Gasteiger partial charge in [0.15, 0.2) is 0 Å². The minimum Gasteiger partial charge on any atom is -0.316 e. The number of carbonyl (C=O) groups excluding carboxylic acids is 1. The van der Waals surface area contributed by atoms with E-state index < -0.39 is 0 Å². The van der Waals surface area contributed by atoms with E-state index in [2.05, 4.69) is 36.2 Å². The van der Waals surface area contributed by atoms with Gasteiger partial charge in [-0.05, 0) is 45.7 Å². The molecule has 0 aliphatic heterocycles. The Morgan fingerprint density at radius 3 is 2.70 bits per heavy atom. The maximum Gasteiger partial charge on any atom is 0.323 e. The molecule has 1 aliphatic rings. The van der Waals surface area contributed by atoms with Gasteiger partial charge in [0.2, 0.25) is 0 Å². The van der Waals surface area contributed by atoms with Crippen molar-refractivity contribution in [2.75, 3.05) is 5.32 Å². The van der Waals surface area contributed by atoms with Crippen LogP contribution in [-0.4, -0.2) is 31.7 Å². The molecule has 0 spiro atoms. The van der Waals surface area contributed by atoms with Crippen molar-refractivity contribution < 1.29 is 4.79 Å². The van der Waals surface area contributed by atoms with Gasteiger partial charge in [0.1, 0.15) is 5.82 Å². The highest BCUT2D eigenvalue weighted by molar-refractivity contribution is 5.88. The number of urea groups is 1. The second-order valence-electron chi connectivity index (χ2n) is 6.91. The molecule has 6 nitrogen and oxygen atoms in total. The third-order valence-electron chi connectivity index (χ3n) is 3.82. The van der Waals surface area contributed by atoms with Crippen LogP contribution in [0, 0.1) is 0 Å². The van der Waals surface area contributed by atoms with E-state index in [0.717, 1.165) is 18.5 Å². The lowest BCUT2D eigenvalue weighted by Gasteiger charge is -2.25. The Balaban J connectivity index is 1.74. The van der Waals surface area contributed by atoms with Crippen molar-refractivity contribution in [1.82, 2.24) is 19.7 Å². The number of hydrogen-bond acceptors (Lipinski definition) is 3. The summed E-state index contributed by atoms with van der Waals surface area (Å²) in [6.07, 6.45) is 5.58.